The number of benzene rings is 2. The minimum atomic E-state index is -0.253. The summed E-state index contributed by atoms with van der Waals surface area (Å²) in [5.41, 5.74) is 5.43. The summed E-state index contributed by atoms with van der Waals surface area (Å²) < 4.78 is 19.1. The Morgan fingerprint density at radius 3 is 2.34 bits per heavy atom. The van der Waals surface area contributed by atoms with Gasteiger partial charge in [-0.15, -0.1) is 0 Å². The fourth-order valence-corrected chi connectivity index (χ4v) is 5.01. The quantitative estimate of drug-likeness (QED) is 0.113. The standard InChI is InChI=1S/C35H41NO5/c1-5-39-24-33(27-15-13-26(14-16-27)22-25(3)4)41-30-19-17-28(18-20-30)35(38)31-23-29(10-9-12-34(37)40-6-2)36-21-8-7-11-32(31)36/h7-8,11,13-21,23,25,33H,5-6,9-10,12,22,24H2,1-4H3/t33-/m0/s1. The van der Waals surface area contributed by atoms with Gasteiger partial charge >= 0.3 is 5.97 Å². The summed E-state index contributed by atoms with van der Waals surface area (Å²) >= 11 is 0. The van der Waals surface area contributed by atoms with Crippen LogP contribution < -0.4 is 4.74 Å². The third kappa shape index (κ3) is 8.08. The van der Waals surface area contributed by atoms with Crippen molar-refractivity contribution in [1.82, 2.24) is 4.40 Å². The Hall–Kier alpha value is -3.90. The zero-order chi connectivity index (χ0) is 29.2. The van der Waals surface area contributed by atoms with E-state index in [2.05, 4.69) is 38.1 Å². The highest BCUT2D eigenvalue weighted by Gasteiger charge is 2.19. The second kappa shape index (κ2) is 14.6. The van der Waals surface area contributed by atoms with Gasteiger partial charge < -0.3 is 18.6 Å². The predicted octanol–water partition coefficient (Wildman–Crippen LogP) is 7.41. The summed E-state index contributed by atoms with van der Waals surface area (Å²) in [4.78, 5) is 25.4. The Balaban J connectivity index is 1.48. The molecule has 2 aromatic carbocycles. The smallest absolute Gasteiger partial charge is 0.305 e. The second-order valence-electron chi connectivity index (χ2n) is 10.6. The fourth-order valence-electron chi connectivity index (χ4n) is 5.01. The van der Waals surface area contributed by atoms with Crippen molar-refractivity contribution in [1.29, 1.82) is 0 Å². The van der Waals surface area contributed by atoms with Crippen LogP contribution in [-0.2, 0) is 27.1 Å². The van der Waals surface area contributed by atoms with Gasteiger partial charge in [0.1, 0.15) is 11.9 Å². The first-order valence-electron chi connectivity index (χ1n) is 14.6. The van der Waals surface area contributed by atoms with E-state index in [9.17, 15) is 9.59 Å². The van der Waals surface area contributed by atoms with Crippen molar-refractivity contribution >= 4 is 17.3 Å². The number of carbonyl (C=O) groups excluding carboxylic acids is 2. The van der Waals surface area contributed by atoms with Gasteiger partial charge in [-0.05, 0) is 92.6 Å². The predicted molar refractivity (Wildman–Crippen MR) is 162 cm³/mol. The molecule has 6 heteroatoms. The van der Waals surface area contributed by atoms with E-state index in [4.69, 9.17) is 14.2 Å². The monoisotopic (exact) mass is 555 g/mol. The first-order chi connectivity index (χ1) is 19.9. The number of nitrogens with zero attached hydrogens (tertiary/aromatic N) is 1. The van der Waals surface area contributed by atoms with Crippen LogP contribution in [0.25, 0.3) is 5.52 Å². The second-order valence-corrected chi connectivity index (χ2v) is 10.6. The maximum atomic E-state index is 13.6. The Morgan fingerprint density at radius 2 is 1.66 bits per heavy atom. The maximum Gasteiger partial charge on any atom is 0.305 e. The van der Waals surface area contributed by atoms with Crippen LogP contribution in [0.4, 0.5) is 0 Å². The van der Waals surface area contributed by atoms with Gasteiger partial charge in [0.2, 0.25) is 0 Å². The van der Waals surface area contributed by atoms with E-state index in [0.717, 1.165) is 23.2 Å². The normalized spacial score (nSPS) is 12.0. The number of carbonyl (C=O) groups is 2. The minimum Gasteiger partial charge on any atom is -0.483 e. The molecule has 2 heterocycles. The summed E-state index contributed by atoms with van der Waals surface area (Å²) in [7, 11) is 0. The zero-order valence-corrected chi connectivity index (χ0v) is 24.6. The summed E-state index contributed by atoms with van der Waals surface area (Å²) in [6.45, 7) is 9.65. The van der Waals surface area contributed by atoms with Crippen LogP contribution in [0.3, 0.4) is 0 Å². The zero-order valence-electron chi connectivity index (χ0n) is 24.6. The van der Waals surface area contributed by atoms with Gasteiger partial charge in [-0.2, -0.15) is 0 Å². The van der Waals surface area contributed by atoms with E-state index in [-0.39, 0.29) is 17.9 Å². The Kier molecular flexibility index (Phi) is 10.7. The number of fused-ring (bicyclic) bond motifs is 1. The number of aryl methyl sites for hydroxylation is 1. The van der Waals surface area contributed by atoms with Gasteiger partial charge in [-0.1, -0.05) is 44.2 Å². The Labute approximate surface area is 243 Å². The van der Waals surface area contributed by atoms with Crippen LogP contribution in [0.5, 0.6) is 5.75 Å². The Bertz CT molecular complexity index is 1420. The number of ether oxygens (including phenoxy) is 3. The molecule has 216 valence electrons. The van der Waals surface area contributed by atoms with Crippen LogP contribution in [0.2, 0.25) is 0 Å². The highest BCUT2D eigenvalue weighted by molar-refractivity contribution is 6.13. The molecule has 0 aliphatic rings. The lowest BCUT2D eigenvalue weighted by Crippen LogP contribution is -2.15. The van der Waals surface area contributed by atoms with Crippen molar-refractivity contribution in [3.8, 4) is 5.75 Å². The van der Waals surface area contributed by atoms with Crippen molar-refractivity contribution in [3.05, 3.63) is 107 Å². The molecule has 0 fully saturated rings. The highest BCUT2D eigenvalue weighted by atomic mass is 16.5. The van der Waals surface area contributed by atoms with E-state index in [0.29, 0.717) is 61.9 Å². The number of rotatable bonds is 15. The maximum absolute atomic E-state index is 13.6. The molecule has 0 N–H and O–H groups in total. The molecule has 0 amide bonds. The van der Waals surface area contributed by atoms with Crippen LogP contribution in [0, 0.1) is 5.92 Å². The molecule has 0 saturated heterocycles. The average molecular weight is 556 g/mol. The Morgan fingerprint density at radius 1 is 0.902 bits per heavy atom. The molecule has 0 unspecified atom stereocenters. The molecule has 2 aromatic heterocycles. The largest absolute Gasteiger partial charge is 0.483 e. The van der Waals surface area contributed by atoms with Crippen molar-refractivity contribution in [2.45, 2.75) is 59.5 Å². The SMILES string of the molecule is CCOC[C@H](Oc1ccc(C(=O)c2cc(CCCC(=O)OCC)n3ccccc23)cc1)c1ccc(CC(C)C)cc1. The van der Waals surface area contributed by atoms with Crippen molar-refractivity contribution in [2.75, 3.05) is 19.8 Å². The first-order valence-corrected chi connectivity index (χ1v) is 14.6. The molecule has 0 saturated carbocycles. The summed E-state index contributed by atoms with van der Waals surface area (Å²) in [5.74, 6) is 1.03. The van der Waals surface area contributed by atoms with Crippen LogP contribution in [-0.4, -0.2) is 36.0 Å². The molecule has 41 heavy (non-hydrogen) atoms. The average Bonchev–Trinajstić information content (AvgIpc) is 3.34. The van der Waals surface area contributed by atoms with E-state index in [1.807, 2.05) is 66.1 Å². The number of esters is 1. The molecule has 6 nitrogen and oxygen atoms in total. The molecule has 4 aromatic rings. The van der Waals surface area contributed by atoms with Crippen molar-refractivity contribution in [2.24, 2.45) is 5.92 Å². The van der Waals surface area contributed by atoms with Gasteiger partial charge in [0.15, 0.2) is 5.78 Å². The van der Waals surface area contributed by atoms with E-state index < -0.39 is 0 Å². The van der Waals surface area contributed by atoms with Gasteiger partial charge in [-0.3, -0.25) is 9.59 Å². The third-order valence-corrected chi connectivity index (χ3v) is 6.98. The molecule has 0 spiro atoms. The molecular formula is C35H41NO5. The summed E-state index contributed by atoms with van der Waals surface area (Å²) in [5, 5.41) is 0. The summed E-state index contributed by atoms with van der Waals surface area (Å²) in [6, 6.07) is 23.6. The summed E-state index contributed by atoms with van der Waals surface area (Å²) in [6.07, 6.45) is 4.42. The van der Waals surface area contributed by atoms with E-state index in [1.54, 1.807) is 6.92 Å². The number of ketones is 1. The molecule has 0 radical (unpaired) electrons. The van der Waals surface area contributed by atoms with Crippen LogP contribution >= 0.6 is 0 Å². The lowest BCUT2D eigenvalue weighted by molar-refractivity contribution is -0.143. The lowest BCUT2D eigenvalue weighted by atomic mass is 10.0. The van der Waals surface area contributed by atoms with Gasteiger partial charge in [0.05, 0.1) is 18.7 Å². The van der Waals surface area contributed by atoms with Crippen molar-refractivity contribution < 1.29 is 23.8 Å². The molecule has 0 aliphatic carbocycles. The number of aromatic nitrogens is 1. The van der Waals surface area contributed by atoms with Crippen LogP contribution in [0.1, 0.15) is 79.4 Å². The van der Waals surface area contributed by atoms with E-state index in [1.165, 1.54) is 5.56 Å². The molecule has 0 bridgehead atoms. The van der Waals surface area contributed by atoms with Gasteiger partial charge in [-0.25, -0.2) is 0 Å². The van der Waals surface area contributed by atoms with E-state index >= 15 is 0 Å². The molecular weight excluding hydrogens is 514 g/mol. The fraction of sp³-hybridized carbons (Fsp3) is 0.371. The first kappa shape index (κ1) is 30.1. The van der Waals surface area contributed by atoms with Crippen molar-refractivity contribution in [3.63, 3.8) is 0 Å². The third-order valence-electron chi connectivity index (χ3n) is 6.98. The van der Waals surface area contributed by atoms with Gasteiger partial charge in [0.25, 0.3) is 0 Å². The number of pyridine rings is 1. The minimum absolute atomic E-state index is 0.0523. The van der Waals surface area contributed by atoms with Crippen LogP contribution in [0.15, 0.2) is 79.0 Å². The molecule has 0 aliphatic heterocycles. The highest BCUT2D eigenvalue weighted by Crippen LogP contribution is 2.26. The topological polar surface area (TPSA) is 66.2 Å². The molecule has 1 atom stereocenters. The molecule has 4 rings (SSSR count). The lowest BCUT2D eigenvalue weighted by Gasteiger charge is -2.20. The number of hydrogen-bond donors (Lipinski definition) is 0. The van der Waals surface area contributed by atoms with Gasteiger partial charge in [0, 0.05) is 36.0 Å². The number of hydrogen-bond acceptors (Lipinski definition) is 5.